The van der Waals surface area contributed by atoms with Crippen LogP contribution in [0.2, 0.25) is 0 Å². The van der Waals surface area contributed by atoms with E-state index in [0.717, 1.165) is 12.8 Å². The van der Waals surface area contributed by atoms with Crippen molar-refractivity contribution < 1.29 is 18.0 Å². The van der Waals surface area contributed by atoms with Crippen LogP contribution < -0.4 is 10.2 Å². The van der Waals surface area contributed by atoms with Gasteiger partial charge in [-0.1, -0.05) is 0 Å². The number of nitrogens with one attached hydrogen (secondary N) is 1. The zero-order chi connectivity index (χ0) is 17.7. The summed E-state index contributed by atoms with van der Waals surface area (Å²) in [5, 5.41) is 2.87. The molecule has 2 saturated heterocycles. The molecule has 0 aromatic carbocycles. The third-order valence-corrected chi connectivity index (χ3v) is 5.55. The topological polar surface area (TPSA) is 48.5 Å². The van der Waals surface area contributed by atoms with Crippen LogP contribution in [0.15, 0.2) is 18.3 Å². The molecule has 1 atom stereocenters. The SMILES string of the molecule is O=C(NC1CC1)N1CCC(F)(F)[C@]2(CCN(c3ncccc3F)C2)C1. The number of piperidine rings is 1. The van der Waals surface area contributed by atoms with Gasteiger partial charge >= 0.3 is 6.03 Å². The van der Waals surface area contributed by atoms with Gasteiger partial charge in [-0.15, -0.1) is 0 Å². The van der Waals surface area contributed by atoms with Crippen LogP contribution in [0.5, 0.6) is 0 Å². The van der Waals surface area contributed by atoms with Crippen LogP contribution in [0.25, 0.3) is 0 Å². The van der Waals surface area contributed by atoms with Gasteiger partial charge in [0.25, 0.3) is 5.92 Å². The van der Waals surface area contributed by atoms with E-state index in [1.54, 1.807) is 4.90 Å². The first kappa shape index (κ1) is 16.5. The van der Waals surface area contributed by atoms with E-state index in [4.69, 9.17) is 0 Å². The molecular weight excluding hydrogens is 333 g/mol. The summed E-state index contributed by atoms with van der Waals surface area (Å²) in [4.78, 5) is 19.4. The molecule has 0 unspecified atom stereocenters. The molecule has 1 aromatic heterocycles. The van der Waals surface area contributed by atoms with Gasteiger partial charge < -0.3 is 15.1 Å². The predicted octanol–water partition coefficient (Wildman–Crippen LogP) is 2.63. The second kappa shape index (κ2) is 5.78. The van der Waals surface area contributed by atoms with Crippen molar-refractivity contribution in [1.29, 1.82) is 0 Å². The van der Waals surface area contributed by atoms with E-state index in [9.17, 15) is 18.0 Å². The molecule has 2 amide bonds. The highest BCUT2D eigenvalue weighted by Gasteiger charge is 2.60. The van der Waals surface area contributed by atoms with E-state index >= 15 is 0 Å². The number of urea groups is 1. The molecule has 2 aliphatic heterocycles. The Morgan fingerprint density at radius 1 is 1.24 bits per heavy atom. The average molecular weight is 354 g/mol. The summed E-state index contributed by atoms with van der Waals surface area (Å²) in [6.45, 7) is 0.345. The quantitative estimate of drug-likeness (QED) is 0.888. The molecule has 25 heavy (non-hydrogen) atoms. The number of hydrogen-bond donors (Lipinski definition) is 1. The Labute approximate surface area is 144 Å². The zero-order valence-electron chi connectivity index (χ0n) is 13.9. The maximum atomic E-state index is 14.8. The van der Waals surface area contributed by atoms with E-state index in [0.29, 0.717) is 6.54 Å². The van der Waals surface area contributed by atoms with Gasteiger partial charge in [-0.05, 0) is 31.4 Å². The number of amides is 2. The van der Waals surface area contributed by atoms with E-state index in [2.05, 4.69) is 10.3 Å². The number of carbonyl (C=O) groups excluding carboxylic acids is 1. The zero-order valence-corrected chi connectivity index (χ0v) is 13.9. The Morgan fingerprint density at radius 2 is 2.04 bits per heavy atom. The number of nitrogens with zero attached hydrogens (tertiary/aromatic N) is 3. The van der Waals surface area contributed by atoms with Crippen molar-refractivity contribution in [1.82, 2.24) is 15.2 Å². The van der Waals surface area contributed by atoms with Crippen LogP contribution >= 0.6 is 0 Å². The van der Waals surface area contributed by atoms with Gasteiger partial charge in [0.2, 0.25) is 0 Å². The van der Waals surface area contributed by atoms with Crippen molar-refractivity contribution in [3.05, 3.63) is 24.1 Å². The number of hydrogen-bond acceptors (Lipinski definition) is 3. The predicted molar refractivity (Wildman–Crippen MR) is 86.1 cm³/mol. The average Bonchev–Trinajstić information content (AvgIpc) is 3.28. The summed E-state index contributed by atoms with van der Waals surface area (Å²) in [5.74, 6) is -3.29. The molecule has 3 heterocycles. The molecule has 0 bridgehead atoms. The lowest BCUT2D eigenvalue weighted by Gasteiger charge is -2.45. The number of carbonyl (C=O) groups is 1. The number of pyridine rings is 1. The summed E-state index contributed by atoms with van der Waals surface area (Å²) in [5.41, 5.74) is -1.35. The molecule has 1 aliphatic carbocycles. The Bertz CT molecular complexity index is 682. The fourth-order valence-electron chi connectivity index (χ4n) is 3.86. The summed E-state index contributed by atoms with van der Waals surface area (Å²) < 4.78 is 43.5. The molecular formula is C17H21F3N4O. The van der Waals surface area contributed by atoms with Crippen LogP contribution in [-0.4, -0.2) is 54.1 Å². The lowest BCUT2D eigenvalue weighted by molar-refractivity contribution is -0.149. The Balaban J connectivity index is 1.53. The smallest absolute Gasteiger partial charge is 0.317 e. The maximum absolute atomic E-state index is 14.8. The largest absolute Gasteiger partial charge is 0.353 e. The molecule has 1 spiro atoms. The summed E-state index contributed by atoms with van der Waals surface area (Å²) in [6.07, 6.45) is 3.21. The molecule has 1 saturated carbocycles. The van der Waals surface area contributed by atoms with Crippen molar-refractivity contribution in [2.75, 3.05) is 31.1 Å². The minimum atomic E-state index is -2.89. The van der Waals surface area contributed by atoms with Gasteiger partial charge in [0.05, 0.1) is 5.41 Å². The third kappa shape index (κ3) is 2.91. The normalized spacial score (nSPS) is 28.4. The lowest BCUT2D eigenvalue weighted by atomic mass is 9.75. The highest BCUT2D eigenvalue weighted by Crippen LogP contribution is 2.50. The first-order valence-corrected chi connectivity index (χ1v) is 8.69. The molecule has 136 valence electrons. The van der Waals surface area contributed by atoms with Crippen molar-refractivity contribution in [2.24, 2.45) is 5.41 Å². The molecule has 5 nitrogen and oxygen atoms in total. The Kier molecular flexibility index (Phi) is 3.81. The molecule has 8 heteroatoms. The summed E-state index contributed by atoms with van der Waals surface area (Å²) >= 11 is 0. The molecule has 1 aromatic rings. The van der Waals surface area contributed by atoms with E-state index in [1.165, 1.54) is 23.2 Å². The van der Waals surface area contributed by atoms with Crippen molar-refractivity contribution >= 4 is 11.8 Å². The fourth-order valence-corrected chi connectivity index (χ4v) is 3.86. The van der Waals surface area contributed by atoms with Crippen LogP contribution in [0.1, 0.15) is 25.7 Å². The summed E-state index contributed by atoms with van der Waals surface area (Å²) in [7, 11) is 0. The van der Waals surface area contributed by atoms with Crippen LogP contribution in [0.4, 0.5) is 23.8 Å². The highest BCUT2D eigenvalue weighted by molar-refractivity contribution is 5.75. The van der Waals surface area contributed by atoms with Crippen LogP contribution in [0.3, 0.4) is 0 Å². The molecule has 4 rings (SSSR count). The molecule has 1 N–H and O–H groups in total. The van der Waals surface area contributed by atoms with E-state index in [1.807, 2.05) is 0 Å². The molecule has 3 fully saturated rings. The van der Waals surface area contributed by atoms with Crippen molar-refractivity contribution in [3.63, 3.8) is 0 Å². The van der Waals surface area contributed by atoms with Gasteiger partial charge in [-0.25, -0.2) is 22.9 Å². The van der Waals surface area contributed by atoms with Gasteiger partial charge in [0.15, 0.2) is 11.6 Å². The third-order valence-electron chi connectivity index (χ3n) is 5.55. The first-order chi connectivity index (χ1) is 11.9. The van der Waals surface area contributed by atoms with Crippen LogP contribution in [0, 0.1) is 11.2 Å². The Hall–Kier alpha value is -1.99. The fraction of sp³-hybridized carbons (Fsp3) is 0.647. The van der Waals surface area contributed by atoms with E-state index in [-0.39, 0.29) is 50.4 Å². The van der Waals surface area contributed by atoms with Gasteiger partial charge in [0, 0.05) is 44.8 Å². The maximum Gasteiger partial charge on any atom is 0.317 e. The Morgan fingerprint density at radius 3 is 2.76 bits per heavy atom. The number of alkyl halides is 2. The van der Waals surface area contributed by atoms with Crippen molar-refractivity contribution in [3.8, 4) is 0 Å². The number of anilines is 1. The second-order valence-corrected chi connectivity index (χ2v) is 7.36. The number of rotatable bonds is 2. The second-order valence-electron chi connectivity index (χ2n) is 7.36. The first-order valence-electron chi connectivity index (χ1n) is 8.69. The number of likely N-dealkylation sites (tertiary alicyclic amines) is 1. The number of aromatic nitrogens is 1. The van der Waals surface area contributed by atoms with E-state index < -0.39 is 17.2 Å². The number of halogens is 3. The van der Waals surface area contributed by atoms with Crippen LogP contribution in [-0.2, 0) is 0 Å². The molecule has 3 aliphatic rings. The minimum Gasteiger partial charge on any atom is -0.353 e. The minimum absolute atomic E-state index is 0.00113. The summed E-state index contributed by atoms with van der Waals surface area (Å²) in [6, 6.07) is 2.68. The lowest BCUT2D eigenvalue weighted by Crippen LogP contribution is -2.59. The highest BCUT2D eigenvalue weighted by atomic mass is 19.3. The van der Waals surface area contributed by atoms with Gasteiger partial charge in [0.1, 0.15) is 0 Å². The van der Waals surface area contributed by atoms with Gasteiger partial charge in [-0.3, -0.25) is 0 Å². The van der Waals surface area contributed by atoms with Crippen molar-refractivity contribution in [2.45, 2.75) is 37.6 Å². The van der Waals surface area contributed by atoms with Gasteiger partial charge in [-0.2, -0.15) is 0 Å². The standard InChI is InChI=1S/C17H21F3N4O/c18-13-2-1-7-21-14(13)23-8-5-16(10-23)11-24(9-6-17(16,19)20)15(25)22-12-3-4-12/h1-2,7,12H,3-6,8-11H2,(H,22,25)/t16-/m0/s1. The monoisotopic (exact) mass is 354 g/mol. The molecule has 0 radical (unpaired) electrons.